The van der Waals surface area contributed by atoms with E-state index in [1.165, 1.54) is 0 Å². The summed E-state index contributed by atoms with van der Waals surface area (Å²) in [6.07, 6.45) is 6.36. The molecule has 1 aliphatic rings. The van der Waals surface area contributed by atoms with Gasteiger partial charge in [0.1, 0.15) is 0 Å². The summed E-state index contributed by atoms with van der Waals surface area (Å²) in [7, 11) is 0. The lowest BCUT2D eigenvalue weighted by atomic mass is 10.1. The number of likely N-dealkylation sites (tertiary alicyclic amines) is 1. The van der Waals surface area contributed by atoms with Crippen LogP contribution in [0.4, 0.5) is 0 Å². The number of halogens is 1. The third-order valence-electron chi connectivity index (χ3n) is 4.42. The van der Waals surface area contributed by atoms with Gasteiger partial charge in [0.15, 0.2) is 0 Å². The second-order valence-corrected chi connectivity index (χ2v) is 6.46. The Balaban J connectivity index is 0.00000312. The molecule has 1 aromatic carbocycles. The number of unbranched alkanes of at least 4 members (excludes halogenated alkanes) is 3. The minimum Gasteiger partial charge on any atom is -0.352 e. The molecule has 1 saturated heterocycles. The Kier molecular flexibility index (Phi) is 10.2. The molecule has 1 aliphatic heterocycles. The molecule has 0 spiro atoms. The Hall–Kier alpha value is -1.59. The zero-order chi connectivity index (χ0) is 17.2. The average Bonchev–Trinajstić information content (AvgIpc) is 2.99. The SMILES string of the molecule is Cl.NCCCCCCC(=O)NCc1ccc(CN2CCCC2=O)cc1. The van der Waals surface area contributed by atoms with Crippen LogP contribution in [0, 0.1) is 0 Å². The summed E-state index contributed by atoms with van der Waals surface area (Å²) in [5.41, 5.74) is 7.67. The first-order chi connectivity index (χ1) is 11.7. The average molecular weight is 368 g/mol. The van der Waals surface area contributed by atoms with Crippen molar-refractivity contribution in [3.8, 4) is 0 Å². The molecule has 0 bridgehead atoms. The summed E-state index contributed by atoms with van der Waals surface area (Å²) in [4.78, 5) is 25.3. The molecule has 5 nitrogen and oxygen atoms in total. The molecule has 3 N–H and O–H groups in total. The van der Waals surface area contributed by atoms with Crippen LogP contribution in [0.15, 0.2) is 24.3 Å². The molecule has 0 atom stereocenters. The van der Waals surface area contributed by atoms with Crippen LogP contribution >= 0.6 is 12.4 Å². The highest BCUT2D eigenvalue weighted by Crippen LogP contribution is 2.14. The monoisotopic (exact) mass is 367 g/mol. The van der Waals surface area contributed by atoms with Gasteiger partial charge in [0.25, 0.3) is 0 Å². The second kappa shape index (κ2) is 11.9. The quantitative estimate of drug-likeness (QED) is 0.624. The lowest BCUT2D eigenvalue weighted by Gasteiger charge is -2.15. The van der Waals surface area contributed by atoms with Crippen molar-refractivity contribution in [2.24, 2.45) is 5.73 Å². The van der Waals surface area contributed by atoms with Gasteiger partial charge in [-0.1, -0.05) is 37.1 Å². The number of hydrogen-bond donors (Lipinski definition) is 2. The van der Waals surface area contributed by atoms with Crippen molar-refractivity contribution in [2.75, 3.05) is 13.1 Å². The third kappa shape index (κ3) is 7.88. The van der Waals surface area contributed by atoms with E-state index >= 15 is 0 Å². The maximum absolute atomic E-state index is 11.8. The van der Waals surface area contributed by atoms with Crippen molar-refractivity contribution in [1.82, 2.24) is 10.2 Å². The zero-order valence-corrected chi connectivity index (χ0v) is 15.7. The van der Waals surface area contributed by atoms with Gasteiger partial charge in [-0.3, -0.25) is 9.59 Å². The third-order valence-corrected chi connectivity index (χ3v) is 4.42. The minimum absolute atomic E-state index is 0. The highest BCUT2D eigenvalue weighted by molar-refractivity contribution is 5.85. The molecule has 0 radical (unpaired) electrons. The Labute approximate surface area is 156 Å². The molecular weight excluding hydrogens is 338 g/mol. The first kappa shape index (κ1) is 21.5. The number of benzene rings is 1. The van der Waals surface area contributed by atoms with E-state index in [1.54, 1.807) is 0 Å². The van der Waals surface area contributed by atoms with Crippen LogP contribution in [0.3, 0.4) is 0 Å². The molecular formula is C19H30ClN3O2. The molecule has 0 aliphatic carbocycles. The number of carbonyl (C=O) groups excluding carboxylic acids is 2. The Morgan fingerprint density at radius 1 is 1.08 bits per heavy atom. The zero-order valence-electron chi connectivity index (χ0n) is 14.8. The molecule has 1 heterocycles. The lowest BCUT2D eigenvalue weighted by Crippen LogP contribution is -2.24. The van der Waals surface area contributed by atoms with Crippen LogP contribution in [-0.2, 0) is 22.7 Å². The van der Waals surface area contributed by atoms with E-state index in [-0.39, 0.29) is 24.2 Å². The van der Waals surface area contributed by atoms with E-state index in [0.717, 1.165) is 56.3 Å². The van der Waals surface area contributed by atoms with Crippen molar-refractivity contribution < 1.29 is 9.59 Å². The van der Waals surface area contributed by atoms with Crippen molar-refractivity contribution in [3.05, 3.63) is 35.4 Å². The van der Waals surface area contributed by atoms with Crippen LogP contribution < -0.4 is 11.1 Å². The fraction of sp³-hybridized carbons (Fsp3) is 0.579. The van der Waals surface area contributed by atoms with Crippen LogP contribution in [0.25, 0.3) is 0 Å². The van der Waals surface area contributed by atoms with E-state index in [9.17, 15) is 9.59 Å². The van der Waals surface area contributed by atoms with Crippen molar-refractivity contribution in [3.63, 3.8) is 0 Å². The number of rotatable bonds is 10. The predicted octanol–water partition coefficient (Wildman–Crippen LogP) is 2.76. The van der Waals surface area contributed by atoms with Crippen LogP contribution in [0.1, 0.15) is 56.1 Å². The van der Waals surface area contributed by atoms with Gasteiger partial charge in [-0.25, -0.2) is 0 Å². The van der Waals surface area contributed by atoms with Gasteiger partial charge in [-0.15, -0.1) is 12.4 Å². The fourth-order valence-electron chi connectivity index (χ4n) is 2.93. The van der Waals surface area contributed by atoms with Crippen LogP contribution in [0.2, 0.25) is 0 Å². The summed E-state index contributed by atoms with van der Waals surface area (Å²) < 4.78 is 0. The fourth-order valence-corrected chi connectivity index (χ4v) is 2.93. The maximum atomic E-state index is 11.8. The van der Waals surface area contributed by atoms with Gasteiger partial charge in [-0.05, 0) is 36.9 Å². The topological polar surface area (TPSA) is 75.4 Å². The largest absolute Gasteiger partial charge is 0.352 e. The molecule has 25 heavy (non-hydrogen) atoms. The molecule has 0 saturated carbocycles. The van der Waals surface area contributed by atoms with E-state index in [0.29, 0.717) is 25.9 Å². The molecule has 1 fully saturated rings. The molecule has 6 heteroatoms. The van der Waals surface area contributed by atoms with Gasteiger partial charge in [-0.2, -0.15) is 0 Å². The summed E-state index contributed by atoms with van der Waals surface area (Å²) in [5.74, 6) is 0.354. The summed E-state index contributed by atoms with van der Waals surface area (Å²) in [5, 5.41) is 2.96. The smallest absolute Gasteiger partial charge is 0.222 e. The molecule has 0 aromatic heterocycles. The van der Waals surface area contributed by atoms with E-state index in [1.807, 2.05) is 29.2 Å². The molecule has 0 unspecified atom stereocenters. The number of nitrogens with two attached hydrogens (primary N) is 1. The predicted molar refractivity (Wildman–Crippen MR) is 102 cm³/mol. The standard InChI is InChI=1S/C19H29N3O2.ClH/c20-12-4-2-1-3-6-18(23)21-14-16-8-10-17(11-9-16)15-22-13-5-7-19(22)24;/h8-11H,1-7,12-15,20H2,(H,21,23);1H. The van der Waals surface area contributed by atoms with Gasteiger partial charge in [0.2, 0.25) is 11.8 Å². The lowest BCUT2D eigenvalue weighted by molar-refractivity contribution is -0.128. The normalized spacial score (nSPS) is 13.6. The Bertz CT molecular complexity index is 534. The van der Waals surface area contributed by atoms with E-state index in [2.05, 4.69) is 5.32 Å². The number of carbonyl (C=O) groups is 2. The highest BCUT2D eigenvalue weighted by atomic mass is 35.5. The molecule has 1 aromatic rings. The maximum Gasteiger partial charge on any atom is 0.222 e. The minimum atomic E-state index is 0. The number of amides is 2. The van der Waals surface area contributed by atoms with E-state index in [4.69, 9.17) is 5.73 Å². The summed E-state index contributed by atoms with van der Waals surface area (Å²) in [6.45, 7) is 2.84. The number of nitrogens with one attached hydrogen (secondary N) is 1. The van der Waals surface area contributed by atoms with Crippen LogP contribution in [0.5, 0.6) is 0 Å². The van der Waals surface area contributed by atoms with Crippen molar-refractivity contribution in [1.29, 1.82) is 0 Å². The van der Waals surface area contributed by atoms with Crippen molar-refractivity contribution >= 4 is 24.2 Å². The van der Waals surface area contributed by atoms with Crippen LogP contribution in [-0.4, -0.2) is 29.8 Å². The Morgan fingerprint density at radius 2 is 1.76 bits per heavy atom. The highest BCUT2D eigenvalue weighted by Gasteiger charge is 2.19. The summed E-state index contributed by atoms with van der Waals surface area (Å²) >= 11 is 0. The number of hydrogen-bond acceptors (Lipinski definition) is 3. The van der Waals surface area contributed by atoms with Gasteiger partial charge < -0.3 is 16.0 Å². The first-order valence-electron chi connectivity index (χ1n) is 9.01. The Morgan fingerprint density at radius 3 is 2.40 bits per heavy atom. The van der Waals surface area contributed by atoms with Crippen molar-refractivity contribution in [2.45, 2.75) is 58.0 Å². The first-order valence-corrected chi connectivity index (χ1v) is 9.01. The molecule has 2 amide bonds. The van der Waals surface area contributed by atoms with E-state index < -0.39 is 0 Å². The van der Waals surface area contributed by atoms with Gasteiger partial charge in [0, 0.05) is 32.5 Å². The molecule has 140 valence electrons. The number of nitrogens with zero attached hydrogens (tertiary/aromatic N) is 1. The molecule has 2 rings (SSSR count). The van der Waals surface area contributed by atoms with Gasteiger partial charge >= 0.3 is 0 Å². The van der Waals surface area contributed by atoms with Gasteiger partial charge in [0.05, 0.1) is 0 Å². The second-order valence-electron chi connectivity index (χ2n) is 6.46. The summed E-state index contributed by atoms with van der Waals surface area (Å²) in [6, 6.07) is 8.13.